The molecule has 0 bridgehead atoms. The van der Waals surface area contributed by atoms with Crippen LogP contribution in [0.15, 0.2) is 190 Å². The summed E-state index contributed by atoms with van der Waals surface area (Å²) in [7, 11) is 3.93. The molecule has 0 amide bonds. The fraction of sp³-hybridized carbons (Fsp3) is 0.318. The van der Waals surface area contributed by atoms with Gasteiger partial charge in [0.25, 0.3) is 22.2 Å². The maximum absolute atomic E-state index is 12.9. The van der Waals surface area contributed by atoms with Gasteiger partial charge in [0.2, 0.25) is 0 Å². The molecule has 4 N–H and O–H groups in total. The molecule has 0 aliphatic carbocycles. The molecular formula is C85H92N26O4. The number of anilines is 4. The molecule has 4 fully saturated rings. The van der Waals surface area contributed by atoms with Gasteiger partial charge in [-0.3, -0.25) is 46.7 Å². The van der Waals surface area contributed by atoms with Crippen molar-refractivity contribution in [3.05, 3.63) is 235 Å². The summed E-state index contributed by atoms with van der Waals surface area (Å²) in [6.45, 7) is 27.8. The second-order valence-electron chi connectivity index (χ2n) is 30.7. The Morgan fingerprint density at radius 1 is 0.365 bits per heavy atom. The van der Waals surface area contributed by atoms with E-state index in [2.05, 4.69) is 105 Å². The molecule has 0 aromatic carbocycles. The van der Waals surface area contributed by atoms with Crippen LogP contribution in [-0.4, -0.2) is 189 Å². The number of nitrogens with zero attached hydrogens (tertiary/aromatic N) is 22. The molecule has 0 saturated carbocycles. The summed E-state index contributed by atoms with van der Waals surface area (Å²) in [5.41, 5.74) is 19.0. The molecule has 30 nitrogen and oxygen atoms in total. The smallest absolute Gasteiger partial charge is 0.258 e. The van der Waals surface area contributed by atoms with E-state index in [1.165, 1.54) is 0 Å². The van der Waals surface area contributed by atoms with Gasteiger partial charge in [0.15, 0.2) is 0 Å². The van der Waals surface area contributed by atoms with Gasteiger partial charge in [-0.25, -0.2) is 38.9 Å². The fourth-order valence-corrected chi connectivity index (χ4v) is 16.2. The SMILES string of the molecule is C[C@@H]1CN(c2ccc3nc(-c4cnc5c(ccn5C)c4)cc(=O)n3c2)C[C@H](C)N1.Cc1cn2nc(-c3cc(=O)n4cc(N5CCCNCC5)ccc4n3)cc2c(C)n1.Cc1cn2nc(-c3cc(=O)n4cc(N5C[C@@H](C)N[C@@H](C)C5)ccc4n3)cc2c(C)n1.Cn1ccc2cc(-c3cc(=O)n4cc(N5CCNCC5)ccc4n3)cnc21. The highest BCUT2D eigenvalue weighted by Crippen LogP contribution is 2.29. The van der Waals surface area contributed by atoms with E-state index in [0.717, 1.165) is 175 Å². The van der Waals surface area contributed by atoms with Gasteiger partial charge in [-0.15, -0.1) is 0 Å². The quantitative estimate of drug-likeness (QED) is 0.112. The van der Waals surface area contributed by atoms with Crippen LogP contribution in [0.25, 0.3) is 101 Å². The number of pyridine rings is 6. The Hall–Kier alpha value is -12.9. The van der Waals surface area contributed by atoms with Crippen LogP contribution in [-0.2, 0) is 14.1 Å². The largest absolute Gasteiger partial charge is 0.369 e. The maximum atomic E-state index is 12.9. The van der Waals surface area contributed by atoms with Crippen molar-refractivity contribution in [1.82, 2.24) is 107 Å². The number of fused-ring (bicyclic) bond motifs is 8. The maximum Gasteiger partial charge on any atom is 0.258 e. The number of hydrogen-bond acceptors (Lipinski definition) is 22. The average molecular weight is 1540 g/mol. The molecule has 4 atom stereocenters. The van der Waals surface area contributed by atoms with Crippen LogP contribution in [0.1, 0.15) is 56.9 Å². The molecule has 20 rings (SSSR count). The number of piperazine rings is 3. The lowest BCUT2D eigenvalue weighted by atomic mass is 10.1. The molecule has 16 aromatic heterocycles. The molecule has 0 unspecified atom stereocenters. The van der Waals surface area contributed by atoms with E-state index in [1.54, 1.807) is 63.3 Å². The normalized spacial score (nSPS) is 17.5. The third-order valence-electron chi connectivity index (χ3n) is 21.7. The van der Waals surface area contributed by atoms with E-state index in [1.807, 2.05) is 179 Å². The van der Waals surface area contributed by atoms with Crippen molar-refractivity contribution >= 4 is 78.4 Å². The van der Waals surface area contributed by atoms with Gasteiger partial charge in [-0.05, 0) is 153 Å². The summed E-state index contributed by atoms with van der Waals surface area (Å²) in [6.07, 6.45) is 19.9. The third-order valence-corrected chi connectivity index (χ3v) is 21.7. The monoisotopic (exact) mass is 1540 g/mol. The van der Waals surface area contributed by atoms with Gasteiger partial charge in [0.1, 0.15) is 45.3 Å². The zero-order chi connectivity index (χ0) is 79.4. The van der Waals surface area contributed by atoms with E-state index in [-0.39, 0.29) is 22.2 Å². The predicted octanol–water partition coefficient (Wildman–Crippen LogP) is 8.12. The Morgan fingerprint density at radius 2 is 0.713 bits per heavy atom. The molecule has 16 aromatic rings. The number of hydrogen-bond donors (Lipinski definition) is 4. The van der Waals surface area contributed by atoms with Crippen molar-refractivity contribution in [3.8, 4) is 45.3 Å². The molecule has 4 aliphatic rings. The second-order valence-corrected chi connectivity index (χ2v) is 30.7. The highest BCUT2D eigenvalue weighted by Gasteiger charge is 2.25. The molecule has 4 aliphatic heterocycles. The summed E-state index contributed by atoms with van der Waals surface area (Å²) in [4.78, 5) is 97.4. The summed E-state index contributed by atoms with van der Waals surface area (Å²) < 4.78 is 14.0. The Balaban J connectivity index is 0.000000111. The number of nitrogens with one attached hydrogen (secondary N) is 4. The average Bonchev–Trinajstić information content (AvgIpc) is 1.73. The summed E-state index contributed by atoms with van der Waals surface area (Å²) in [5.74, 6) is 0. The minimum absolute atomic E-state index is 0.0832. The second kappa shape index (κ2) is 31.2. The Kier molecular flexibility index (Phi) is 20.3. The lowest BCUT2D eigenvalue weighted by Gasteiger charge is -2.37. The van der Waals surface area contributed by atoms with Crippen LogP contribution < -0.4 is 63.1 Å². The van der Waals surface area contributed by atoms with Crippen LogP contribution >= 0.6 is 0 Å². The zero-order valence-corrected chi connectivity index (χ0v) is 66.1. The first-order valence-corrected chi connectivity index (χ1v) is 39.2. The molecule has 115 heavy (non-hydrogen) atoms. The lowest BCUT2D eigenvalue weighted by molar-refractivity contribution is 0.406. The third kappa shape index (κ3) is 15.6. The highest BCUT2D eigenvalue weighted by atomic mass is 16.1. The Bertz CT molecular complexity index is 6630. The van der Waals surface area contributed by atoms with Gasteiger partial charge in [0.05, 0.1) is 91.7 Å². The lowest BCUT2D eigenvalue weighted by Crippen LogP contribution is -2.54. The highest BCUT2D eigenvalue weighted by molar-refractivity contribution is 5.83. The molecule has 0 spiro atoms. The first-order valence-electron chi connectivity index (χ1n) is 39.2. The van der Waals surface area contributed by atoms with E-state index < -0.39 is 0 Å². The number of rotatable bonds is 8. The van der Waals surface area contributed by atoms with E-state index in [4.69, 9.17) is 19.9 Å². The molecule has 4 saturated heterocycles. The van der Waals surface area contributed by atoms with Gasteiger partial charge in [0, 0.05) is 206 Å². The minimum atomic E-state index is -0.115. The van der Waals surface area contributed by atoms with Crippen molar-refractivity contribution in [2.75, 3.05) is 98.1 Å². The number of aromatic nitrogens is 18. The molecule has 20 heterocycles. The molecular weight excluding hydrogens is 1450 g/mol. The van der Waals surface area contributed by atoms with Crippen LogP contribution in [0, 0.1) is 27.7 Å². The molecule has 0 radical (unpaired) electrons. The van der Waals surface area contributed by atoms with Crippen molar-refractivity contribution in [2.24, 2.45) is 14.1 Å². The van der Waals surface area contributed by atoms with Crippen molar-refractivity contribution in [1.29, 1.82) is 0 Å². The van der Waals surface area contributed by atoms with Gasteiger partial charge < -0.3 is 50.0 Å². The Labute approximate surface area is 661 Å². The van der Waals surface area contributed by atoms with Gasteiger partial charge >= 0.3 is 0 Å². The van der Waals surface area contributed by atoms with Crippen LogP contribution in [0.3, 0.4) is 0 Å². The first-order chi connectivity index (χ1) is 55.6. The van der Waals surface area contributed by atoms with E-state index in [9.17, 15) is 19.2 Å². The standard InChI is InChI=1S/C22H25N7O.C22H24N6O.C21H23N7O.C20H20N6O/c1-13-9-27(10-14(2)23-13)17-5-6-21-25-18(8-22(30)28(21)12-17)19-7-20-16(4)24-15(3)11-29(20)26-19;1-14-11-27(12-15(2)24-14)18-4-5-20-25-19(9-21(29)28(20)13-18)17-8-16-6-7-26(3)22(16)23-10-17;1-14-12-28-19(15(2)23-14)10-18(25-28)17-11-21(29)27-13-16(4-5-20(27)24-17)26-8-3-6-22-7-9-26;1-24-7-4-14-10-15(12-22-20(14)24)17-11-19(27)26-13-16(2-3-18(26)23-17)25-8-5-21-6-9-25/h5-8,11-14,23H,9-10H2,1-4H3;4-10,13-15,24H,11-12H2,1-3H3;4-5,10-13,22H,3,6-9H2,1-2H3;2-4,7,10-13,21H,5-6,8-9H2,1H3/t13-,14+;14-,15+;;. The summed E-state index contributed by atoms with van der Waals surface area (Å²) >= 11 is 0. The minimum Gasteiger partial charge on any atom is -0.369 e. The predicted molar refractivity (Wildman–Crippen MR) is 452 cm³/mol. The topological polar surface area (TPSA) is 295 Å². The summed E-state index contributed by atoms with van der Waals surface area (Å²) in [5, 5.41) is 25.1. The van der Waals surface area contributed by atoms with E-state index >= 15 is 0 Å². The van der Waals surface area contributed by atoms with Crippen LogP contribution in [0.4, 0.5) is 22.7 Å². The van der Waals surface area contributed by atoms with Crippen molar-refractivity contribution in [3.63, 3.8) is 0 Å². The zero-order valence-electron chi connectivity index (χ0n) is 66.1. The number of aryl methyl sites for hydroxylation is 6. The van der Waals surface area contributed by atoms with Gasteiger partial charge in [-0.1, -0.05) is 0 Å². The summed E-state index contributed by atoms with van der Waals surface area (Å²) in [6, 6.07) is 35.7. The van der Waals surface area contributed by atoms with E-state index in [0.29, 0.717) is 80.9 Å². The van der Waals surface area contributed by atoms with Crippen molar-refractivity contribution in [2.45, 2.75) is 86.0 Å². The fourth-order valence-electron chi connectivity index (χ4n) is 16.2. The first kappa shape index (κ1) is 74.8. The molecule has 30 heteroatoms. The van der Waals surface area contributed by atoms with Gasteiger partial charge in [-0.2, -0.15) is 10.2 Å². The van der Waals surface area contributed by atoms with Crippen LogP contribution in [0.5, 0.6) is 0 Å². The van der Waals surface area contributed by atoms with Crippen LogP contribution in [0.2, 0.25) is 0 Å². The van der Waals surface area contributed by atoms with Crippen molar-refractivity contribution < 1.29 is 0 Å². The Morgan fingerprint density at radius 3 is 1.10 bits per heavy atom. The molecule has 586 valence electrons.